The van der Waals surface area contributed by atoms with Crippen molar-refractivity contribution >= 4 is 35.0 Å². The van der Waals surface area contributed by atoms with Crippen molar-refractivity contribution in [3.05, 3.63) is 63.4 Å². The number of aromatic nitrogens is 3. The van der Waals surface area contributed by atoms with Gasteiger partial charge in [0.2, 0.25) is 11.8 Å². The predicted molar refractivity (Wildman–Crippen MR) is 136 cm³/mol. The first-order valence-electron chi connectivity index (χ1n) is 11.1. The van der Waals surface area contributed by atoms with Crippen LogP contribution in [0.15, 0.2) is 46.3 Å². The number of amides is 2. The molecule has 1 heterocycles. The molecule has 0 fully saturated rings. The van der Waals surface area contributed by atoms with E-state index in [1.807, 2.05) is 52.0 Å². The van der Waals surface area contributed by atoms with Crippen molar-refractivity contribution < 1.29 is 9.59 Å². The van der Waals surface area contributed by atoms with E-state index >= 15 is 0 Å². The van der Waals surface area contributed by atoms with Crippen molar-refractivity contribution in [2.45, 2.75) is 57.9 Å². The summed E-state index contributed by atoms with van der Waals surface area (Å²) in [6.45, 7) is 9.48. The minimum atomic E-state index is -0.463. The molecule has 0 spiro atoms. The summed E-state index contributed by atoms with van der Waals surface area (Å²) < 4.78 is 0. The average molecular weight is 480 g/mol. The number of nitrogens with zero attached hydrogens (tertiary/aromatic N) is 2. The van der Waals surface area contributed by atoms with Gasteiger partial charge in [-0.25, -0.2) is 0 Å². The van der Waals surface area contributed by atoms with Gasteiger partial charge in [-0.15, -0.1) is 10.2 Å². The van der Waals surface area contributed by atoms with Gasteiger partial charge < -0.3 is 10.6 Å². The summed E-state index contributed by atoms with van der Waals surface area (Å²) in [5, 5.41) is 13.8. The summed E-state index contributed by atoms with van der Waals surface area (Å²) in [5.74, 6) is -0.336. The SMILES string of the molecule is CCC(=O)Nc1ccc(C)cc1-c1nnc(SC(CC)C(=O)Nc2ccc(C)cc2C)[nH]c1=O. The molecular formula is C25H29N5O3S. The molecule has 0 aliphatic rings. The number of anilines is 2. The van der Waals surface area contributed by atoms with Crippen LogP contribution in [0, 0.1) is 20.8 Å². The van der Waals surface area contributed by atoms with E-state index < -0.39 is 10.8 Å². The van der Waals surface area contributed by atoms with Crippen molar-refractivity contribution in [2.24, 2.45) is 0 Å². The van der Waals surface area contributed by atoms with Crippen molar-refractivity contribution in [3.63, 3.8) is 0 Å². The normalized spacial score (nSPS) is 11.7. The highest BCUT2D eigenvalue weighted by molar-refractivity contribution is 8.00. The molecular weight excluding hydrogens is 450 g/mol. The molecule has 2 amide bonds. The van der Waals surface area contributed by atoms with Gasteiger partial charge in [0.1, 0.15) is 0 Å². The van der Waals surface area contributed by atoms with Gasteiger partial charge in [0.25, 0.3) is 5.56 Å². The Morgan fingerprint density at radius 3 is 2.26 bits per heavy atom. The fraction of sp³-hybridized carbons (Fsp3) is 0.320. The Morgan fingerprint density at radius 1 is 0.971 bits per heavy atom. The Labute approximate surface area is 203 Å². The molecule has 1 aromatic heterocycles. The summed E-state index contributed by atoms with van der Waals surface area (Å²) in [5.41, 5.74) is 4.42. The standard InChI is InChI=1S/C25H29N5O3S/c1-6-20(23(32)27-18-10-8-14(3)12-16(18)5)34-25-28-24(33)22(29-30-25)17-13-15(4)9-11-19(17)26-21(31)7-2/h8-13,20H,6-7H2,1-5H3,(H,26,31)(H,27,32)(H,28,30,33). The van der Waals surface area contributed by atoms with Crippen LogP contribution in [0.3, 0.4) is 0 Å². The zero-order valence-corrected chi connectivity index (χ0v) is 20.8. The van der Waals surface area contributed by atoms with Gasteiger partial charge in [-0.2, -0.15) is 0 Å². The third-order valence-electron chi connectivity index (χ3n) is 5.26. The number of carbonyl (C=O) groups is 2. The number of aromatic amines is 1. The van der Waals surface area contributed by atoms with Crippen LogP contribution >= 0.6 is 11.8 Å². The molecule has 9 heteroatoms. The largest absolute Gasteiger partial charge is 0.325 e. The molecule has 0 saturated carbocycles. The van der Waals surface area contributed by atoms with E-state index in [4.69, 9.17) is 0 Å². The highest BCUT2D eigenvalue weighted by Crippen LogP contribution is 2.27. The van der Waals surface area contributed by atoms with E-state index in [1.165, 1.54) is 0 Å². The van der Waals surface area contributed by atoms with Crippen molar-refractivity contribution in [1.82, 2.24) is 15.2 Å². The second kappa shape index (κ2) is 11.1. The first-order valence-corrected chi connectivity index (χ1v) is 12.0. The summed E-state index contributed by atoms with van der Waals surface area (Å²) in [6.07, 6.45) is 0.853. The summed E-state index contributed by atoms with van der Waals surface area (Å²) in [7, 11) is 0. The Bertz CT molecular complexity index is 1270. The number of hydrogen-bond donors (Lipinski definition) is 3. The Kier molecular flexibility index (Phi) is 8.22. The van der Waals surface area contributed by atoms with E-state index in [0.717, 1.165) is 34.1 Å². The molecule has 0 saturated heterocycles. The van der Waals surface area contributed by atoms with Crippen molar-refractivity contribution in [1.29, 1.82) is 0 Å². The van der Waals surface area contributed by atoms with Crippen LogP contribution in [0.1, 0.15) is 43.4 Å². The second-order valence-corrected chi connectivity index (χ2v) is 9.27. The van der Waals surface area contributed by atoms with Gasteiger partial charge in [-0.3, -0.25) is 19.4 Å². The Morgan fingerprint density at radius 2 is 1.65 bits per heavy atom. The number of H-pyrrole nitrogens is 1. The maximum atomic E-state index is 12.9. The Balaban J connectivity index is 1.82. The Hall–Kier alpha value is -3.46. The van der Waals surface area contributed by atoms with Gasteiger partial charge >= 0.3 is 0 Å². The lowest BCUT2D eigenvalue weighted by Crippen LogP contribution is -2.26. The second-order valence-electron chi connectivity index (χ2n) is 8.08. The maximum Gasteiger partial charge on any atom is 0.278 e. The first kappa shape index (κ1) is 25.2. The van der Waals surface area contributed by atoms with E-state index in [1.54, 1.807) is 19.1 Å². The minimum Gasteiger partial charge on any atom is -0.325 e. The topological polar surface area (TPSA) is 117 Å². The third-order valence-corrected chi connectivity index (χ3v) is 6.50. The van der Waals surface area contributed by atoms with Crippen LogP contribution in [0.2, 0.25) is 0 Å². The first-order chi connectivity index (χ1) is 16.2. The quantitative estimate of drug-likeness (QED) is 0.406. The smallest absolute Gasteiger partial charge is 0.278 e. The molecule has 178 valence electrons. The molecule has 0 bridgehead atoms. The van der Waals surface area contributed by atoms with Crippen LogP contribution in [-0.2, 0) is 9.59 Å². The molecule has 3 N–H and O–H groups in total. The number of benzene rings is 2. The molecule has 3 aromatic rings. The zero-order chi connectivity index (χ0) is 24.8. The summed E-state index contributed by atoms with van der Waals surface area (Å²) in [4.78, 5) is 40.4. The molecule has 2 aromatic carbocycles. The average Bonchev–Trinajstić information content (AvgIpc) is 2.80. The molecule has 8 nitrogen and oxygen atoms in total. The molecule has 1 atom stereocenters. The van der Waals surface area contributed by atoms with E-state index in [2.05, 4.69) is 25.8 Å². The van der Waals surface area contributed by atoms with Gasteiger partial charge in [0.05, 0.1) is 10.9 Å². The number of rotatable bonds is 8. The molecule has 1 unspecified atom stereocenters. The van der Waals surface area contributed by atoms with Gasteiger partial charge in [-0.1, -0.05) is 54.9 Å². The fourth-order valence-electron chi connectivity index (χ4n) is 3.38. The van der Waals surface area contributed by atoms with E-state index in [9.17, 15) is 14.4 Å². The van der Waals surface area contributed by atoms with Gasteiger partial charge in [-0.05, 0) is 51.0 Å². The number of nitrogens with one attached hydrogen (secondary N) is 3. The van der Waals surface area contributed by atoms with Crippen molar-refractivity contribution in [2.75, 3.05) is 10.6 Å². The molecule has 0 radical (unpaired) electrons. The number of aryl methyl sites for hydroxylation is 3. The molecule has 34 heavy (non-hydrogen) atoms. The fourth-order valence-corrected chi connectivity index (χ4v) is 4.22. The maximum absolute atomic E-state index is 12.9. The van der Waals surface area contributed by atoms with Crippen molar-refractivity contribution in [3.8, 4) is 11.3 Å². The lowest BCUT2D eigenvalue weighted by atomic mass is 10.1. The summed E-state index contributed by atoms with van der Waals surface area (Å²) >= 11 is 1.15. The summed E-state index contributed by atoms with van der Waals surface area (Å²) in [6, 6.07) is 11.2. The van der Waals surface area contributed by atoms with Crippen LogP contribution in [0.4, 0.5) is 11.4 Å². The molecule has 0 aliphatic heterocycles. The van der Waals surface area contributed by atoms with E-state index in [0.29, 0.717) is 24.1 Å². The lowest BCUT2D eigenvalue weighted by molar-refractivity contribution is -0.116. The minimum absolute atomic E-state index is 0.104. The van der Waals surface area contributed by atoms with Crippen LogP contribution in [0.25, 0.3) is 11.3 Å². The lowest BCUT2D eigenvalue weighted by Gasteiger charge is -2.15. The zero-order valence-electron chi connectivity index (χ0n) is 20.0. The number of thioether (sulfide) groups is 1. The third kappa shape index (κ3) is 6.11. The molecule has 3 rings (SSSR count). The number of carbonyl (C=O) groups excluding carboxylic acids is 2. The predicted octanol–water partition coefficient (Wildman–Crippen LogP) is 4.62. The van der Waals surface area contributed by atoms with Crippen LogP contribution in [-0.4, -0.2) is 32.2 Å². The van der Waals surface area contributed by atoms with E-state index in [-0.39, 0.29) is 22.7 Å². The monoisotopic (exact) mass is 479 g/mol. The van der Waals surface area contributed by atoms with Crippen LogP contribution in [0.5, 0.6) is 0 Å². The highest BCUT2D eigenvalue weighted by atomic mass is 32.2. The molecule has 0 aliphatic carbocycles. The van der Waals surface area contributed by atoms with Crippen LogP contribution < -0.4 is 16.2 Å². The van der Waals surface area contributed by atoms with Gasteiger partial charge in [0.15, 0.2) is 10.9 Å². The highest BCUT2D eigenvalue weighted by Gasteiger charge is 2.21. The van der Waals surface area contributed by atoms with Gasteiger partial charge in [0, 0.05) is 17.7 Å². The number of hydrogen-bond acceptors (Lipinski definition) is 6.